The zero-order valence-electron chi connectivity index (χ0n) is 25.6. The van der Waals surface area contributed by atoms with Gasteiger partial charge in [-0.25, -0.2) is 5.43 Å². The molecule has 3 aromatic rings. The summed E-state index contributed by atoms with van der Waals surface area (Å²) < 4.78 is 45.2. The maximum absolute atomic E-state index is 13.1. The maximum Gasteiger partial charge on any atom is 0.416 e. The quantitative estimate of drug-likeness (QED) is 0.0901. The summed E-state index contributed by atoms with van der Waals surface area (Å²) >= 11 is 0. The molecule has 2 aliphatic heterocycles. The van der Waals surface area contributed by atoms with Crippen LogP contribution in [-0.2, 0) is 11.0 Å². The minimum Gasteiger partial charge on any atom is -0.457 e. The van der Waals surface area contributed by atoms with Gasteiger partial charge in [0.15, 0.2) is 0 Å². The van der Waals surface area contributed by atoms with Gasteiger partial charge in [0.25, 0.3) is 11.8 Å². The number of anilines is 2. The fraction of sp³-hybridized carbons (Fsp3) is 0.235. The van der Waals surface area contributed by atoms with Crippen molar-refractivity contribution in [1.82, 2.24) is 21.5 Å². The average molecular weight is 633 g/mol. The second-order valence-corrected chi connectivity index (χ2v) is 11.0. The summed E-state index contributed by atoms with van der Waals surface area (Å²) in [5.74, 6) is -0.0269. The number of ether oxygens (including phenoxy) is 1. The number of carbonyl (C=O) groups excluding carboxylic acids is 2. The van der Waals surface area contributed by atoms with Gasteiger partial charge in [0.2, 0.25) is 0 Å². The Hall–Kier alpha value is -5.07. The zero-order chi connectivity index (χ0) is 33.0. The van der Waals surface area contributed by atoms with E-state index in [2.05, 4.69) is 45.6 Å². The number of fused-ring (bicyclic) bond motifs is 1. The lowest BCUT2D eigenvalue weighted by Crippen LogP contribution is -2.36. The van der Waals surface area contributed by atoms with Crippen molar-refractivity contribution in [2.45, 2.75) is 26.1 Å². The summed E-state index contributed by atoms with van der Waals surface area (Å²) in [5.41, 5.74) is 10.3. The Morgan fingerprint density at radius 2 is 1.80 bits per heavy atom. The van der Waals surface area contributed by atoms with Crippen molar-refractivity contribution in [3.8, 4) is 11.5 Å². The van der Waals surface area contributed by atoms with Gasteiger partial charge in [-0.2, -0.15) is 13.2 Å². The van der Waals surface area contributed by atoms with Crippen molar-refractivity contribution in [2.24, 2.45) is 5.92 Å². The van der Waals surface area contributed by atoms with E-state index in [-0.39, 0.29) is 23.4 Å². The lowest BCUT2D eigenvalue weighted by molar-refractivity contribution is -0.137. The summed E-state index contributed by atoms with van der Waals surface area (Å²) in [6, 6.07) is 15.8. The molecule has 2 heterocycles. The van der Waals surface area contributed by atoms with E-state index in [4.69, 9.17) is 4.74 Å². The fourth-order valence-corrected chi connectivity index (χ4v) is 5.48. The van der Waals surface area contributed by atoms with Crippen LogP contribution in [0.15, 0.2) is 96.4 Å². The third-order valence-corrected chi connectivity index (χ3v) is 7.75. The molecule has 0 bridgehead atoms. The van der Waals surface area contributed by atoms with Crippen LogP contribution in [-0.4, -0.2) is 38.0 Å². The first-order valence-electron chi connectivity index (χ1n) is 14.7. The third kappa shape index (κ3) is 7.24. The molecule has 6 N–H and O–H groups in total. The Kier molecular flexibility index (Phi) is 9.49. The van der Waals surface area contributed by atoms with Crippen molar-refractivity contribution in [3.05, 3.63) is 113 Å². The molecular formula is C34H35F3N6O3. The predicted octanol–water partition coefficient (Wildman–Crippen LogP) is 5.79. The molecule has 2 unspecified atom stereocenters. The van der Waals surface area contributed by atoms with Crippen LogP contribution in [0.5, 0.6) is 11.5 Å². The van der Waals surface area contributed by atoms with Crippen molar-refractivity contribution in [2.75, 3.05) is 30.8 Å². The highest BCUT2D eigenvalue weighted by atomic mass is 19.4. The Morgan fingerprint density at radius 3 is 2.57 bits per heavy atom. The number of nitrogens with one attached hydrogen (secondary N) is 6. The molecule has 12 heteroatoms. The van der Waals surface area contributed by atoms with Crippen LogP contribution in [0.3, 0.4) is 0 Å². The van der Waals surface area contributed by atoms with E-state index in [1.165, 1.54) is 12.1 Å². The largest absolute Gasteiger partial charge is 0.457 e. The van der Waals surface area contributed by atoms with E-state index in [0.717, 1.165) is 47.8 Å². The van der Waals surface area contributed by atoms with Gasteiger partial charge in [-0.15, -0.1) is 0 Å². The number of halogens is 3. The van der Waals surface area contributed by atoms with E-state index in [9.17, 15) is 22.8 Å². The van der Waals surface area contributed by atoms with Gasteiger partial charge in [-0.3, -0.25) is 9.59 Å². The summed E-state index contributed by atoms with van der Waals surface area (Å²) in [6.07, 6.45) is -2.63. The molecule has 2 atom stereocenters. The Balaban J connectivity index is 1.25. The minimum atomic E-state index is -4.56. The summed E-state index contributed by atoms with van der Waals surface area (Å²) in [6.45, 7) is 9.78. The Labute approximate surface area is 265 Å². The molecule has 0 saturated carbocycles. The van der Waals surface area contributed by atoms with Crippen molar-refractivity contribution in [1.29, 1.82) is 0 Å². The molecule has 0 saturated heterocycles. The summed E-state index contributed by atoms with van der Waals surface area (Å²) in [5, 5.41) is 12.1. The highest BCUT2D eigenvalue weighted by Crippen LogP contribution is 2.38. The van der Waals surface area contributed by atoms with Crippen LogP contribution in [0.4, 0.5) is 24.5 Å². The van der Waals surface area contributed by atoms with Gasteiger partial charge in [0.1, 0.15) is 11.5 Å². The van der Waals surface area contributed by atoms with Crippen LogP contribution < -0.4 is 36.9 Å². The molecule has 0 radical (unpaired) electrons. The van der Waals surface area contributed by atoms with E-state index < -0.39 is 17.6 Å². The highest BCUT2D eigenvalue weighted by Gasteiger charge is 2.33. The number of hydrazine groups is 1. The van der Waals surface area contributed by atoms with Gasteiger partial charge >= 0.3 is 6.18 Å². The molecule has 2 aliphatic rings. The van der Waals surface area contributed by atoms with Gasteiger partial charge in [-0.05, 0) is 68.1 Å². The summed E-state index contributed by atoms with van der Waals surface area (Å²) in [4.78, 5) is 25.7. The van der Waals surface area contributed by atoms with Crippen LogP contribution in [0, 0.1) is 5.92 Å². The topological polar surface area (TPSA) is 116 Å². The van der Waals surface area contributed by atoms with E-state index in [1.807, 2.05) is 20.0 Å². The number of hydrogen-bond acceptors (Lipinski definition) is 7. The third-order valence-electron chi connectivity index (χ3n) is 7.75. The molecule has 3 aromatic carbocycles. The van der Waals surface area contributed by atoms with E-state index in [1.54, 1.807) is 42.5 Å². The smallest absolute Gasteiger partial charge is 0.416 e. The van der Waals surface area contributed by atoms with Crippen LogP contribution in [0.1, 0.15) is 35.3 Å². The SMILES string of the molecule is C=C(NNCCNC)C1=C(C)NC(/C=C2\C(=O)Nc3cc(Oc4cccc(NC(=O)c5cccc(C(F)(F)F)c5)c4)ccc32)C1C. The number of benzene rings is 3. The lowest BCUT2D eigenvalue weighted by Gasteiger charge is -2.18. The molecular weight excluding hydrogens is 597 g/mol. The first-order chi connectivity index (χ1) is 21.9. The number of carbonyl (C=O) groups is 2. The molecule has 5 rings (SSSR count). The molecule has 0 fully saturated rings. The van der Waals surface area contributed by atoms with Crippen LogP contribution >= 0.6 is 0 Å². The molecule has 240 valence electrons. The van der Waals surface area contributed by atoms with Crippen molar-refractivity contribution in [3.63, 3.8) is 0 Å². The molecule has 46 heavy (non-hydrogen) atoms. The number of likely N-dealkylation sites (N-methyl/N-ethyl adjacent to an activating group) is 1. The normalized spacial score (nSPS) is 18.2. The standard InChI is InChI=1S/C34H35F3N6O3/c1-19-29(40-20(2)31(19)21(3)43-39-14-13-38-4)18-28-27-12-11-26(17-30(27)42-33(28)45)46-25-10-6-9-24(16-25)41-32(44)22-7-5-8-23(15-22)34(35,36)37/h5-12,15-19,29,38-40,43H,3,13-14H2,1-2,4H3,(H,41,44)(H,42,45)/b28-18-. The monoisotopic (exact) mass is 632 g/mol. The number of allylic oxidation sites excluding steroid dienone is 2. The van der Waals surface area contributed by atoms with Gasteiger partial charge in [0, 0.05) is 64.9 Å². The Bertz CT molecular complexity index is 1730. The fourth-order valence-electron chi connectivity index (χ4n) is 5.48. The average Bonchev–Trinajstić information content (AvgIpc) is 3.48. The number of hydrogen-bond donors (Lipinski definition) is 6. The highest BCUT2D eigenvalue weighted by molar-refractivity contribution is 6.31. The van der Waals surface area contributed by atoms with Crippen LogP contribution in [0.2, 0.25) is 0 Å². The van der Waals surface area contributed by atoms with Crippen LogP contribution in [0.25, 0.3) is 5.57 Å². The first-order valence-corrected chi connectivity index (χ1v) is 14.7. The van der Waals surface area contributed by atoms with E-state index in [0.29, 0.717) is 28.4 Å². The minimum absolute atomic E-state index is 0.0550. The number of rotatable bonds is 11. The second-order valence-electron chi connectivity index (χ2n) is 11.0. The maximum atomic E-state index is 13.1. The predicted molar refractivity (Wildman–Crippen MR) is 172 cm³/mol. The molecule has 0 aliphatic carbocycles. The zero-order valence-corrected chi connectivity index (χ0v) is 25.6. The van der Waals surface area contributed by atoms with Gasteiger partial charge < -0.3 is 31.4 Å². The Morgan fingerprint density at radius 1 is 1.04 bits per heavy atom. The molecule has 2 amide bonds. The second kappa shape index (κ2) is 13.5. The van der Waals surface area contributed by atoms with Gasteiger partial charge in [-0.1, -0.05) is 25.6 Å². The lowest BCUT2D eigenvalue weighted by atomic mass is 9.92. The number of alkyl halides is 3. The van der Waals surface area contributed by atoms with Gasteiger partial charge in [0.05, 0.1) is 17.3 Å². The molecule has 9 nitrogen and oxygen atoms in total. The van der Waals surface area contributed by atoms with Crippen molar-refractivity contribution < 1.29 is 27.5 Å². The summed E-state index contributed by atoms with van der Waals surface area (Å²) in [7, 11) is 1.88. The molecule has 0 spiro atoms. The van der Waals surface area contributed by atoms with Crippen molar-refractivity contribution >= 4 is 28.8 Å². The molecule has 0 aromatic heterocycles. The first kappa shape index (κ1) is 32.3. The van der Waals surface area contributed by atoms with E-state index >= 15 is 0 Å². The number of amides is 2.